The largest absolute Gasteiger partial charge is 0.444 e. The van der Waals surface area contributed by atoms with E-state index in [1.165, 1.54) is 0 Å². The summed E-state index contributed by atoms with van der Waals surface area (Å²) >= 11 is 0. The number of carbonyl (C=O) groups excluding carboxylic acids is 2. The molecule has 0 saturated carbocycles. The van der Waals surface area contributed by atoms with E-state index in [2.05, 4.69) is 5.32 Å². The van der Waals surface area contributed by atoms with Crippen molar-refractivity contribution in [3.05, 3.63) is 35.4 Å². The minimum absolute atomic E-state index is 0.178. The molecule has 24 heavy (non-hydrogen) atoms. The van der Waals surface area contributed by atoms with Gasteiger partial charge in [-0.3, -0.25) is 4.79 Å². The van der Waals surface area contributed by atoms with Crippen molar-refractivity contribution < 1.29 is 19.1 Å². The molecule has 0 bridgehead atoms. The van der Waals surface area contributed by atoms with Crippen molar-refractivity contribution in [3.63, 3.8) is 0 Å². The molecule has 1 N–H and O–H groups in total. The second-order valence-corrected chi connectivity index (χ2v) is 6.41. The zero-order valence-corrected chi connectivity index (χ0v) is 15.2. The summed E-state index contributed by atoms with van der Waals surface area (Å²) in [5.41, 5.74) is 0.879. The predicted molar refractivity (Wildman–Crippen MR) is 93.0 cm³/mol. The van der Waals surface area contributed by atoms with Gasteiger partial charge in [-0.1, -0.05) is 18.2 Å². The molecule has 1 aromatic carbocycles. The number of amides is 2. The van der Waals surface area contributed by atoms with Crippen molar-refractivity contribution >= 4 is 12.0 Å². The van der Waals surface area contributed by atoms with Gasteiger partial charge in [0.2, 0.25) is 0 Å². The van der Waals surface area contributed by atoms with Gasteiger partial charge >= 0.3 is 6.09 Å². The van der Waals surface area contributed by atoms with Crippen LogP contribution in [0.25, 0.3) is 0 Å². The molecule has 0 aliphatic carbocycles. The second kappa shape index (κ2) is 9.27. The maximum Gasteiger partial charge on any atom is 0.410 e. The Balaban J connectivity index is 2.56. The number of hydrogen-bond donors (Lipinski definition) is 1. The lowest BCUT2D eigenvalue weighted by Gasteiger charge is -2.26. The van der Waals surface area contributed by atoms with Crippen LogP contribution in [0.15, 0.2) is 24.3 Å². The smallest absolute Gasteiger partial charge is 0.410 e. The topological polar surface area (TPSA) is 67.9 Å². The summed E-state index contributed by atoms with van der Waals surface area (Å²) in [6.07, 6.45) is -0.376. The van der Waals surface area contributed by atoms with E-state index in [0.717, 1.165) is 5.56 Å². The fourth-order valence-electron chi connectivity index (χ4n) is 2.13. The van der Waals surface area contributed by atoms with Gasteiger partial charge in [0.25, 0.3) is 5.91 Å². The number of carbonyl (C=O) groups is 2. The van der Waals surface area contributed by atoms with Gasteiger partial charge in [-0.05, 0) is 39.3 Å². The van der Waals surface area contributed by atoms with E-state index in [9.17, 15) is 9.59 Å². The lowest BCUT2D eigenvalue weighted by atomic mass is 10.1. The van der Waals surface area contributed by atoms with Gasteiger partial charge < -0.3 is 19.7 Å². The van der Waals surface area contributed by atoms with E-state index in [0.29, 0.717) is 31.8 Å². The quantitative estimate of drug-likeness (QED) is 0.831. The van der Waals surface area contributed by atoms with E-state index >= 15 is 0 Å². The molecule has 0 unspecified atom stereocenters. The first-order chi connectivity index (χ1) is 11.3. The molecule has 0 spiro atoms. The highest BCUT2D eigenvalue weighted by atomic mass is 16.6. The summed E-state index contributed by atoms with van der Waals surface area (Å²) in [4.78, 5) is 25.9. The summed E-state index contributed by atoms with van der Waals surface area (Å²) in [5.74, 6) is -0.178. The van der Waals surface area contributed by atoms with Crippen LogP contribution in [-0.2, 0) is 16.1 Å². The first-order valence-corrected chi connectivity index (χ1v) is 8.11. The molecule has 0 radical (unpaired) electrons. The highest BCUT2D eigenvalue weighted by Crippen LogP contribution is 2.11. The Bertz CT molecular complexity index is 552. The summed E-state index contributed by atoms with van der Waals surface area (Å²) < 4.78 is 10.4. The Kier molecular flexibility index (Phi) is 7.71. The number of nitrogens with zero attached hydrogens (tertiary/aromatic N) is 1. The third kappa shape index (κ3) is 6.58. The molecule has 1 aromatic rings. The molecule has 0 aliphatic rings. The maximum absolute atomic E-state index is 12.3. The third-order valence-electron chi connectivity index (χ3n) is 3.26. The minimum Gasteiger partial charge on any atom is -0.444 e. The lowest BCUT2D eigenvalue weighted by Crippen LogP contribution is -2.41. The number of hydrogen-bond acceptors (Lipinski definition) is 4. The molecule has 0 atom stereocenters. The van der Waals surface area contributed by atoms with Crippen LogP contribution < -0.4 is 5.32 Å². The van der Waals surface area contributed by atoms with Crippen LogP contribution >= 0.6 is 0 Å². The Morgan fingerprint density at radius 3 is 2.46 bits per heavy atom. The average molecular weight is 336 g/mol. The van der Waals surface area contributed by atoms with E-state index in [4.69, 9.17) is 9.47 Å². The highest BCUT2D eigenvalue weighted by molar-refractivity contribution is 5.95. The molecule has 0 heterocycles. The number of benzene rings is 1. The van der Waals surface area contributed by atoms with Gasteiger partial charge in [0.05, 0.1) is 6.61 Å². The normalized spacial score (nSPS) is 11.0. The molecule has 0 aliphatic heterocycles. The van der Waals surface area contributed by atoms with Gasteiger partial charge in [0.15, 0.2) is 0 Å². The monoisotopic (exact) mass is 336 g/mol. The minimum atomic E-state index is -0.535. The van der Waals surface area contributed by atoms with Crippen molar-refractivity contribution in [1.82, 2.24) is 10.2 Å². The fraction of sp³-hybridized carbons (Fsp3) is 0.556. The summed E-state index contributed by atoms with van der Waals surface area (Å²) in [7, 11) is 1.59. The van der Waals surface area contributed by atoms with Crippen molar-refractivity contribution in [2.24, 2.45) is 0 Å². The average Bonchev–Trinajstić information content (AvgIpc) is 2.50. The molecular formula is C18H28N2O4. The van der Waals surface area contributed by atoms with Crippen molar-refractivity contribution in [2.45, 2.75) is 39.9 Å². The number of rotatable bonds is 7. The van der Waals surface area contributed by atoms with E-state index in [-0.39, 0.29) is 12.0 Å². The Morgan fingerprint density at radius 2 is 1.88 bits per heavy atom. The second-order valence-electron chi connectivity index (χ2n) is 6.41. The molecule has 134 valence electrons. The van der Waals surface area contributed by atoms with Gasteiger partial charge in [-0.2, -0.15) is 0 Å². The lowest BCUT2D eigenvalue weighted by molar-refractivity contribution is 0.0261. The van der Waals surface area contributed by atoms with Crippen molar-refractivity contribution in [1.29, 1.82) is 0 Å². The molecule has 0 aromatic heterocycles. The first kappa shape index (κ1) is 20.0. The highest BCUT2D eigenvalue weighted by Gasteiger charge is 2.21. The standard InChI is InChI=1S/C18H28N2O4/c1-6-20(17(22)24-18(2,3)4)12-11-19-16(21)15-10-8-7-9-14(15)13-23-5/h7-10H,6,11-13H2,1-5H3,(H,19,21). The molecule has 2 amide bonds. The number of likely N-dealkylation sites (N-methyl/N-ethyl adjacent to an activating group) is 1. The van der Waals surface area contributed by atoms with Crippen LogP contribution in [0.3, 0.4) is 0 Å². The Morgan fingerprint density at radius 1 is 1.21 bits per heavy atom. The summed E-state index contributed by atoms with van der Waals surface area (Å²) in [6.45, 7) is 9.00. The predicted octanol–water partition coefficient (Wildman–Crippen LogP) is 2.82. The zero-order valence-electron chi connectivity index (χ0n) is 15.2. The number of ether oxygens (including phenoxy) is 2. The van der Waals surface area contributed by atoms with E-state index in [1.807, 2.05) is 45.9 Å². The van der Waals surface area contributed by atoms with Crippen LogP contribution in [0, 0.1) is 0 Å². The van der Waals surface area contributed by atoms with Crippen molar-refractivity contribution in [3.8, 4) is 0 Å². The number of nitrogens with one attached hydrogen (secondary N) is 1. The van der Waals surface area contributed by atoms with Gasteiger partial charge in [0, 0.05) is 32.3 Å². The van der Waals surface area contributed by atoms with Gasteiger partial charge in [0.1, 0.15) is 5.60 Å². The molecule has 6 heteroatoms. The summed E-state index contributed by atoms with van der Waals surface area (Å²) in [5, 5.41) is 2.84. The molecule has 1 rings (SSSR count). The Labute approximate surface area is 144 Å². The van der Waals surface area contributed by atoms with Crippen LogP contribution in [0.5, 0.6) is 0 Å². The van der Waals surface area contributed by atoms with Crippen LogP contribution in [-0.4, -0.2) is 49.2 Å². The first-order valence-electron chi connectivity index (χ1n) is 8.11. The van der Waals surface area contributed by atoms with E-state index < -0.39 is 5.60 Å². The van der Waals surface area contributed by atoms with Crippen LogP contribution in [0.1, 0.15) is 43.6 Å². The molecular weight excluding hydrogens is 308 g/mol. The van der Waals surface area contributed by atoms with Crippen LogP contribution in [0.4, 0.5) is 4.79 Å². The fourth-order valence-corrected chi connectivity index (χ4v) is 2.13. The Hall–Kier alpha value is -2.08. The third-order valence-corrected chi connectivity index (χ3v) is 3.26. The molecule has 0 saturated heterocycles. The van der Waals surface area contributed by atoms with E-state index in [1.54, 1.807) is 18.1 Å². The van der Waals surface area contributed by atoms with Gasteiger partial charge in [-0.15, -0.1) is 0 Å². The van der Waals surface area contributed by atoms with Gasteiger partial charge in [-0.25, -0.2) is 4.79 Å². The van der Waals surface area contributed by atoms with Crippen molar-refractivity contribution in [2.75, 3.05) is 26.7 Å². The number of methoxy groups -OCH3 is 1. The maximum atomic E-state index is 12.3. The zero-order chi connectivity index (χ0) is 18.2. The molecule has 0 fully saturated rings. The summed E-state index contributed by atoms with van der Waals surface area (Å²) in [6, 6.07) is 7.30. The molecule has 6 nitrogen and oxygen atoms in total. The van der Waals surface area contributed by atoms with Crippen LogP contribution in [0.2, 0.25) is 0 Å². The SMILES string of the molecule is CCN(CCNC(=O)c1ccccc1COC)C(=O)OC(C)(C)C.